The van der Waals surface area contributed by atoms with Crippen LogP contribution in [0.1, 0.15) is 24.5 Å². The Morgan fingerprint density at radius 1 is 1.03 bits per heavy atom. The molecule has 34 heavy (non-hydrogen) atoms. The molecule has 0 aliphatic rings. The Kier molecular flexibility index (Phi) is 5.40. The Bertz CT molecular complexity index is 1650. The van der Waals surface area contributed by atoms with Crippen molar-refractivity contribution >= 4 is 33.5 Å². The third-order valence-electron chi connectivity index (χ3n) is 5.63. The van der Waals surface area contributed by atoms with Crippen LogP contribution in [0.3, 0.4) is 0 Å². The Labute approximate surface area is 195 Å². The minimum absolute atomic E-state index is 0.0629. The molecule has 7 heteroatoms. The van der Waals surface area contributed by atoms with E-state index in [0.29, 0.717) is 17.8 Å². The number of aromatic nitrogens is 4. The molecule has 2 aromatic carbocycles. The number of nitrogens with zero attached hydrogens (tertiary/aromatic N) is 4. The molecule has 5 aromatic rings. The molecule has 0 saturated heterocycles. The van der Waals surface area contributed by atoms with Gasteiger partial charge in [-0.3, -0.25) is 23.9 Å². The minimum Gasteiger partial charge on any atom is -0.326 e. The van der Waals surface area contributed by atoms with Crippen LogP contribution in [0.15, 0.2) is 78.0 Å². The van der Waals surface area contributed by atoms with Gasteiger partial charge in [-0.2, -0.15) is 0 Å². The summed E-state index contributed by atoms with van der Waals surface area (Å²) in [5, 5.41) is 3.66. The number of imidazole rings is 1. The van der Waals surface area contributed by atoms with E-state index in [-0.39, 0.29) is 11.6 Å². The van der Waals surface area contributed by atoms with Crippen molar-refractivity contribution in [3.05, 3.63) is 94.8 Å². The molecule has 166 valence electrons. The second kappa shape index (κ2) is 8.68. The van der Waals surface area contributed by atoms with Crippen LogP contribution < -0.4 is 11.0 Å². The van der Waals surface area contributed by atoms with Crippen LogP contribution in [-0.2, 0) is 11.8 Å². The average Bonchev–Trinajstić information content (AvgIpc) is 3.14. The van der Waals surface area contributed by atoms with Gasteiger partial charge in [0.15, 0.2) is 0 Å². The molecule has 1 amide bonds. The highest BCUT2D eigenvalue weighted by Gasteiger charge is 2.16. The third kappa shape index (κ3) is 3.82. The number of pyridine rings is 2. The molecule has 3 heterocycles. The first-order valence-corrected chi connectivity index (χ1v) is 10.9. The molecular weight excluding hydrogens is 426 g/mol. The van der Waals surface area contributed by atoms with E-state index in [1.165, 1.54) is 0 Å². The monoisotopic (exact) mass is 447 g/mol. The molecule has 0 spiro atoms. The van der Waals surface area contributed by atoms with E-state index in [2.05, 4.69) is 27.1 Å². The van der Waals surface area contributed by atoms with E-state index in [9.17, 15) is 9.59 Å². The SMILES string of the molecule is CCC(=O)Nc1ccc(-n2c(=O)n(C)c3cnc4ccc(C#Cc5cccnc5)cc4c32)cc1. The zero-order valence-corrected chi connectivity index (χ0v) is 18.7. The van der Waals surface area contributed by atoms with Crippen molar-refractivity contribution in [1.82, 2.24) is 19.1 Å². The summed E-state index contributed by atoms with van der Waals surface area (Å²) in [4.78, 5) is 33.6. The number of hydrogen-bond acceptors (Lipinski definition) is 4. The van der Waals surface area contributed by atoms with Crippen LogP contribution in [0.5, 0.6) is 0 Å². The molecule has 7 nitrogen and oxygen atoms in total. The number of carbonyl (C=O) groups is 1. The molecule has 0 aliphatic heterocycles. The molecule has 1 N–H and O–H groups in total. The zero-order chi connectivity index (χ0) is 23.7. The van der Waals surface area contributed by atoms with Crippen molar-refractivity contribution in [3.63, 3.8) is 0 Å². The lowest BCUT2D eigenvalue weighted by molar-refractivity contribution is -0.115. The molecule has 0 bridgehead atoms. The van der Waals surface area contributed by atoms with Gasteiger partial charge >= 0.3 is 5.69 Å². The van der Waals surface area contributed by atoms with Gasteiger partial charge in [-0.05, 0) is 54.6 Å². The second-order valence-corrected chi connectivity index (χ2v) is 7.84. The van der Waals surface area contributed by atoms with Gasteiger partial charge in [0.05, 0.1) is 28.4 Å². The maximum absolute atomic E-state index is 13.2. The lowest BCUT2D eigenvalue weighted by Crippen LogP contribution is -2.20. The van der Waals surface area contributed by atoms with Crippen molar-refractivity contribution in [1.29, 1.82) is 0 Å². The topological polar surface area (TPSA) is 81.8 Å². The number of fused-ring (bicyclic) bond motifs is 3. The molecule has 0 saturated carbocycles. The first kappa shape index (κ1) is 21.2. The largest absolute Gasteiger partial charge is 0.333 e. The van der Waals surface area contributed by atoms with E-state index in [4.69, 9.17) is 0 Å². The number of benzene rings is 2. The fraction of sp³-hybridized carbons (Fsp3) is 0.111. The summed E-state index contributed by atoms with van der Waals surface area (Å²) in [5.74, 6) is 6.24. The smallest absolute Gasteiger partial charge is 0.326 e. The first-order chi connectivity index (χ1) is 16.5. The van der Waals surface area contributed by atoms with Crippen LogP contribution >= 0.6 is 0 Å². The maximum atomic E-state index is 13.2. The molecule has 0 aliphatic carbocycles. The highest BCUT2D eigenvalue weighted by atomic mass is 16.2. The van der Waals surface area contributed by atoms with Crippen molar-refractivity contribution in [2.24, 2.45) is 7.05 Å². The number of nitrogens with one attached hydrogen (secondary N) is 1. The molecule has 3 aromatic heterocycles. The van der Waals surface area contributed by atoms with Crippen molar-refractivity contribution in [3.8, 4) is 17.5 Å². The maximum Gasteiger partial charge on any atom is 0.333 e. The van der Waals surface area contributed by atoms with Gasteiger partial charge in [-0.15, -0.1) is 0 Å². The van der Waals surface area contributed by atoms with Crippen LogP contribution in [0.25, 0.3) is 27.6 Å². The van der Waals surface area contributed by atoms with Crippen LogP contribution in [0.4, 0.5) is 5.69 Å². The Balaban J connectivity index is 1.67. The van der Waals surface area contributed by atoms with E-state index >= 15 is 0 Å². The Hall–Kier alpha value is -4.70. The van der Waals surface area contributed by atoms with Gasteiger partial charge in [-0.25, -0.2) is 4.79 Å². The van der Waals surface area contributed by atoms with E-state index in [0.717, 1.165) is 33.1 Å². The van der Waals surface area contributed by atoms with Gasteiger partial charge in [0.25, 0.3) is 0 Å². The lowest BCUT2D eigenvalue weighted by Gasteiger charge is -2.08. The fourth-order valence-electron chi connectivity index (χ4n) is 3.84. The normalized spacial score (nSPS) is 10.8. The van der Waals surface area contributed by atoms with Gasteiger partial charge in [0, 0.05) is 48.1 Å². The van der Waals surface area contributed by atoms with Crippen molar-refractivity contribution in [2.45, 2.75) is 13.3 Å². The van der Waals surface area contributed by atoms with Gasteiger partial charge in [0.1, 0.15) is 0 Å². The lowest BCUT2D eigenvalue weighted by atomic mass is 10.1. The van der Waals surface area contributed by atoms with E-state index in [1.54, 1.807) is 53.8 Å². The van der Waals surface area contributed by atoms with E-state index < -0.39 is 0 Å². The molecule has 5 rings (SSSR count). The summed E-state index contributed by atoms with van der Waals surface area (Å²) in [6.45, 7) is 1.80. The Morgan fingerprint density at radius 3 is 2.56 bits per heavy atom. The number of carbonyl (C=O) groups excluding carboxylic acids is 1. The fourth-order valence-corrected chi connectivity index (χ4v) is 3.84. The predicted molar refractivity (Wildman–Crippen MR) is 133 cm³/mol. The predicted octanol–water partition coefficient (Wildman–Crippen LogP) is 4.02. The summed E-state index contributed by atoms with van der Waals surface area (Å²) in [5.41, 5.74) is 5.09. The second-order valence-electron chi connectivity index (χ2n) is 7.84. The van der Waals surface area contributed by atoms with Crippen molar-refractivity contribution < 1.29 is 4.79 Å². The number of aryl methyl sites for hydroxylation is 1. The zero-order valence-electron chi connectivity index (χ0n) is 18.7. The quantitative estimate of drug-likeness (QED) is 0.424. The van der Waals surface area contributed by atoms with Crippen LogP contribution in [0.2, 0.25) is 0 Å². The van der Waals surface area contributed by atoms with Gasteiger partial charge < -0.3 is 5.32 Å². The summed E-state index contributed by atoms with van der Waals surface area (Å²) in [7, 11) is 1.73. The average molecular weight is 447 g/mol. The van der Waals surface area contributed by atoms with Gasteiger partial charge in [-0.1, -0.05) is 18.8 Å². The van der Waals surface area contributed by atoms with Crippen molar-refractivity contribution in [2.75, 3.05) is 5.32 Å². The highest BCUT2D eigenvalue weighted by molar-refractivity contribution is 6.03. The first-order valence-electron chi connectivity index (χ1n) is 10.9. The number of anilines is 1. The Morgan fingerprint density at radius 2 is 1.82 bits per heavy atom. The molecular formula is C27H21N5O2. The number of rotatable bonds is 3. The molecule has 0 radical (unpaired) electrons. The standard InChI is InChI=1S/C27H21N5O2/c1-3-25(33)30-20-9-11-21(12-10-20)32-26-22-15-18(6-7-19-5-4-14-28-16-19)8-13-23(22)29-17-24(26)31(2)27(32)34/h4-5,8-17H,3H2,1-2H3,(H,30,33). The van der Waals surface area contributed by atoms with E-state index in [1.807, 2.05) is 42.5 Å². The molecule has 0 atom stereocenters. The van der Waals surface area contributed by atoms with Crippen LogP contribution in [-0.4, -0.2) is 25.0 Å². The number of hydrogen-bond donors (Lipinski definition) is 1. The highest BCUT2D eigenvalue weighted by Crippen LogP contribution is 2.26. The summed E-state index contributed by atoms with van der Waals surface area (Å²) >= 11 is 0. The molecule has 0 fully saturated rings. The summed E-state index contributed by atoms with van der Waals surface area (Å²) in [6.07, 6.45) is 5.54. The number of amides is 1. The molecule has 0 unspecified atom stereocenters. The third-order valence-corrected chi connectivity index (χ3v) is 5.63. The van der Waals surface area contributed by atoms with Crippen LogP contribution in [0, 0.1) is 11.8 Å². The summed E-state index contributed by atoms with van der Waals surface area (Å²) < 4.78 is 3.26. The summed E-state index contributed by atoms with van der Waals surface area (Å²) in [6, 6.07) is 16.8. The minimum atomic E-state index is -0.179. The van der Waals surface area contributed by atoms with Gasteiger partial charge in [0.2, 0.25) is 5.91 Å².